The summed E-state index contributed by atoms with van der Waals surface area (Å²) in [5, 5.41) is 2.38. The fourth-order valence-electron chi connectivity index (χ4n) is 6.52. The molecule has 13 heteroatoms. The summed E-state index contributed by atoms with van der Waals surface area (Å²) >= 11 is 0. The van der Waals surface area contributed by atoms with E-state index < -0.39 is 28.8 Å². The third-order valence-corrected chi connectivity index (χ3v) is 9.03. The molecule has 47 heavy (non-hydrogen) atoms. The standard InChI is InChI=1S/C34H34F2N6O5/c1-19(43)41-13-15-42(16-14-41)27-12-11-20-17-26(38-32(47-4)28(20)27)23-9-5-7-21(29(23)35)22-8-6-10-25(30(22)36)37-31(44)24-18-39(2)34(46)40(3)33(24)45/h5-10,17-18,27H,11-16H2,1-4H3,(H,37,44). The van der Waals surface area contributed by atoms with Gasteiger partial charge in [0.25, 0.3) is 11.5 Å². The fourth-order valence-corrected chi connectivity index (χ4v) is 6.52. The second-order valence-electron chi connectivity index (χ2n) is 11.8. The first kappa shape index (κ1) is 31.8. The molecule has 4 aromatic rings. The number of hydrogen-bond donors (Lipinski definition) is 1. The number of rotatable bonds is 6. The number of piperazine rings is 1. The summed E-state index contributed by atoms with van der Waals surface area (Å²) in [6, 6.07) is 10.7. The lowest BCUT2D eigenvalue weighted by Crippen LogP contribution is -2.48. The number of methoxy groups -OCH3 is 1. The third-order valence-electron chi connectivity index (χ3n) is 9.03. The van der Waals surface area contributed by atoms with E-state index >= 15 is 8.78 Å². The number of amides is 2. The van der Waals surface area contributed by atoms with Crippen molar-refractivity contribution >= 4 is 17.5 Å². The molecule has 0 saturated carbocycles. The average Bonchev–Trinajstić information content (AvgIpc) is 3.50. The molecule has 6 rings (SSSR count). The second kappa shape index (κ2) is 12.6. The van der Waals surface area contributed by atoms with Gasteiger partial charge < -0.3 is 19.5 Å². The van der Waals surface area contributed by atoms with E-state index in [1.807, 2.05) is 11.0 Å². The summed E-state index contributed by atoms with van der Waals surface area (Å²) in [4.78, 5) is 58.2. The largest absolute Gasteiger partial charge is 0.481 e. The van der Waals surface area contributed by atoms with E-state index in [0.717, 1.165) is 52.4 Å². The van der Waals surface area contributed by atoms with Crippen LogP contribution in [0.4, 0.5) is 14.5 Å². The number of anilines is 1. The molecule has 2 aromatic heterocycles. The molecular weight excluding hydrogens is 610 g/mol. The average molecular weight is 645 g/mol. The van der Waals surface area contributed by atoms with Crippen molar-refractivity contribution in [1.82, 2.24) is 23.9 Å². The number of hydrogen-bond acceptors (Lipinski definition) is 7. The van der Waals surface area contributed by atoms with Crippen LogP contribution in [0.3, 0.4) is 0 Å². The van der Waals surface area contributed by atoms with Gasteiger partial charge in [0.05, 0.1) is 18.5 Å². The zero-order valence-electron chi connectivity index (χ0n) is 26.5. The minimum absolute atomic E-state index is 0.0448. The fraction of sp³-hybridized carbons (Fsp3) is 0.324. The van der Waals surface area contributed by atoms with Crippen molar-refractivity contribution in [2.45, 2.75) is 25.8 Å². The van der Waals surface area contributed by atoms with Crippen LogP contribution in [-0.4, -0.2) is 69.0 Å². The number of aromatic nitrogens is 3. The van der Waals surface area contributed by atoms with Gasteiger partial charge in [0, 0.05) is 81.7 Å². The highest BCUT2D eigenvalue weighted by atomic mass is 19.1. The Kier molecular flexibility index (Phi) is 8.49. The van der Waals surface area contributed by atoms with Gasteiger partial charge in [-0.15, -0.1) is 0 Å². The van der Waals surface area contributed by atoms with Gasteiger partial charge >= 0.3 is 5.69 Å². The first-order valence-electron chi connectivity index (χ1n) is 15.2. The first-order valence-corrected chi connectivity index (χ1v) is 15.2. The van der Waals surface area contributed by atoms with Gasteiger partial charge in [-0.1, -0.05) is 24.3 Å². The van der Waals surface area contributed by atoms with Crippen molar-refractivity contribution in [3.8, 4) is 28.3 Å². The third kappa shape index (κ3) is 5.71. The van der Waals surface area contributed by atoms with E-state index in [9.17, 15) is 19.2 Å². The lowest BCUT2D eigenvalue weighted by Gasteiger charge is -2.38. The minimum atomic E-state index is -0.917. The van der Waals surface area contributed by atoms with Gasteiger partial charge in [0.1, 0.15) is 11.4 Å². The molecule has 0 bridgehead atoms. The molecule has 1 unspecified atom stereocenters. The summed E-state index contributed by atoms with van der Waals surface area (Å²) in [6.07, 6.45) is 2.67. The van der Waals surface area contributed by atoms with E-state index in [1.54, 1.807) is 19.1 Å². The van der Waals surface area contributed by atoms with E-state index in [4.69, 9.17) is 9.72 Å². The van der Waals surface area contributed by atoms with Crippen molar-refractivity contribution < 1.29 is 23.1 Å². The maximum Gasteiger partial charge on any atom is 0.330 e. The van der Waals surface area contributed by atoms with E-state index in [-0.39, 0.29) is 39.9 Å². The van der Waals surface area contributed by atoms with Crippen LogP contribution in [0.5, 0.6) is 5.88 Å². The number of carbonyl (C=O) groups excluding carboxylic acids is 2. The van der Waals surface area contributed by atoms with Crippen LogP contribution in [0.15, 0.2) is 58.3 Å². The number of nitrogens with zero attached hydrogens (tertiary/aromatic N) is 5. The maximum absolute atomic E-state index is 16.3. The van der Waals surface area contributed by atoms with Gasteiger partial charge in [-0.05, 0) is 36.6 Å². The Morgan fingerprint density at radius 1 is 0.957 bits per heavy atom. The first-order chi connectivity index (χ1) is 22.5. The quantitative estimate of drug-likeness (QED) is 0.342. The van der Waals surface area contributed by atoms with E-state index in [0.29, 0.717) is 24.7 Å². The number of carbonyl (C=O) groups is 2. The SMILES string of the molecule is COc1nc(-c2cccc(-c3cccc(NC(=O)c4cn(C)c(=O)n(C)c4=O)c3F)c2F)cc2c1C(N1CCN(C(C)=O)CC1)CC2. The number of nitrogens with one attached hydrogen (secondary N) is 1. The van der Waals surface area contributed by atoms with Crippen molar-refractivity contribution in [3.63, 3.8) is 0 Å². The van der Waals surface area contributed by atoms with Gasteiger partial charge in [-0.3, -0.25) is 23.9 Å². The molecule has 1 fully saturated rings. The molecule has 0 spiro atoms. The predicted molar refractivity (Wildman–Crippen MR) is 171 cm³/mol. The van der Waals surface area contributed by atoms with Crippen molar-refractivity contribution in [1.29, 1.82) is 0 Å². The lowest BCUT2D eigenvalue weighted by atomic mass is 9.98. The van der Waals surface area contributed by atoms with Gasteiger partial charge in [0.2, 0.25) is 11.8 Å². The number of aryl methyl sites for hydroxylation is 2. The second-order valence-corrected chi connectivity index (χ2v) is 11.8. The summed E-state index contributed by atoms with van der Waals surface area (Å²) in [7, 11) is 4.15. The molecule has 1 aliphatic heterocycles. The molecular formula is C34H34F2N6O5. The lowest BCUT2D eigenvalue weighted by molar-refractivity contribution is -0.130. The molecule has 2 aromatic carbocycles. The van der Waals surface area contributed by atoms with Crippen LogP contribution >= 0.6 is 0 Å². The molecule has 244 valence electrons. The van der Waals surface area contributed by atoms with Crippen LogP contribution in [-0.2, 0) is 25.3 Å². The number of halogens is 2. The minimum Gasteiger partial charge on any atom is -0.481 e. The van der Waals surface area contributed by atoms with Crippen LogP contribution in [0.1, 0.15) is 40.9 Å². The number of benzene rings is 2. The Hall–Kier alpha value is -5.17. The topological polar surface area (TPSA) is 119 Å². The highest BCUT2D eigenvalue weighted by molar-refractivity contribution is 6.04. The zero-order chi connectivity index (χ0) is 33.6. The van der Waals surface area contributed by atoms with E-state index in [2.05, 4.69) is 10.2 Å². The normalized spacial score (nSPS) is 16.2. The van der Waals surface area contributed by atoms with Crippen molar-refractivity contribution in [2.75, 3.05) is 38.6 Å². The van der Waals surface area contributed by atoms with Gasteiger partial charge in [-0.2, -0.15) is 0 Å². The zero-order valence-corrected chi connectivity index (χ0v) is 26.5. The summed E-state index contributed by atoms with van der Waals surface area (Å²) in [5.74, 6) is -2.05. The molecule has 2 aliphatic rings. The molecule has 3 heterocycles. The number of ether oxygens (including phenoxy) is 1. The van der Waals surface area contributed by atoms with Crippen molar-refractivity contribution in [3.05, 3.63) is 97.8 Å². The van der Waals surface area contributed by atoms with Gasteiger partial charge in [-0.25, -0.2) is 18.6 Å². The number of fused-ring (bicyclic) bond motifs is 1. The van der Waals surface area contributed by atoms with Crippen LogP contribution < -0.4 is 21.3 Å². The summed E-state index contributed by atoms with van der Waals surface area (Å²) < 4.78 is 39.7. The predicted octanol–water partition coefficient (Wildman–Crippen LogP) is 3.50. The van der Waals surface area contributed by atoms with Crippen molar-refractivity contribution in [2.24, 2.45) is 14.1 Å². The molecule has 0 radical (unpaired) electrons. The molecule has 1 saturated heterocycles. The molecule has 1 aliphatic carbocycles. The van der Waals surface area contributed by atoms with Crippen LogP contribution in [0, 0.1) is 11.6 Å². The monoisotopic (exact) mass is 644 g/mol. The van der Waals surface area contributed by atoms with Crippen LogP contribution in [0.2, 0.25) is 0 Å². The Bertz CT molecular complexity index is 2030. The summed E-state index contributed by atoms with van der Waals surface area (Å²) in [5.41, 5.74) is 0.246. The Labute approximate surface area is 269 Å². The maximum atomic E-state index is 16.3. The molecule has 11 nitrogen and oxygen atoms in total. The highest BCUT2D eigenvalue weighted by Crippen LogP contribution is 2.43. The Morgan fingerprint density at radius 2 is 1.62 bits per heavy atom. The molecule has 1 atom stereocenters. The smallest absolute Gasteiger partial charge is 0.330 e. The molecule has 1 N–H and O–H groups in total. The Balaban J connectivity index is 1.31. The van der Waals surface area contributed by atoms with E-state index in [1.165, 1.54) is 45.5 Å². The highest BCUT2D eigenvalue weighted by Gasteiger charge is 2.35. The number of pyridine rings is 1. The molecule has 2 amide bonds. The van der Waals surface area contributed by atoms with Gasteiger partial charge in [0.15, 0.2) is 5.82 Å². The van der Waals surface area contributed by atoms with Crippen LogP contribution in [0.25, 0.3) is 22.4 Å². The summed E-state index contributed by atoms with van der Waals surface area (Å²) in [6.45, 7) is 4.35. The Morgan fingerprint density at radius 3 is 2.30 bits per heavy atom.